The van der Waals surface area contributed by atoms with Crippen molar-refractivity contribution >= 4 is 58.1 Å². The van der Waals surface area contributed by atoms with Crippen molar-refractivity contribution in [3.05, 3.63) is 57.6 Å². The number of thioether (sulfide) groups is 2. The molecule has 232 valence electrons. The Morgan fingerprint density at radius 1 is 1.25 bits per heavy atom. The van der Waals surface area contributed by atoms with E-state index in [2.05, 4.69) is 25.6 Å². The Morgan fingerprint density at radius 2 is 2.02 bits per heavy atom. The predicted octanol–water partition coefficient (Wildman–Crippen LogP) is 1.74. The van der Waals surface area contributed by atoms with E-state index in [0.29, 0.717) is 52.9 Å². The maximum atomic E-state index is 15.3. The van der Waals surface area contributed by atoms with Gasteiger partial charge in [0.15, 0.2) is 0 Å². The lowest BCUT2D eigenvalue weighted by Crippen LogP contribution is -2.70. The van der Waals surface area contributed by atoms with Crippen LogP contribution in [0.4, 0.5) is 14.9 Å². The molecule has 3 aromatic rings. The number of β-lactam (4-membered cyclic amide) rings is 1. The number of hydrogen-bond acceptors (Lipinski definition) is 11. The second kappa shape index (κ2) is 12.1. The number of pyridine rings is 1. The zero-order chi connectivity index (χ0) is 31.1. The second-order valence-corrected chi connectivity index (χ2v) is 12.6. The number of carbonyl (C=O) groups excluding carboxylic acids is 2. The van der Waals surface area contributed by atoms with Crippen LogP contribution < -0.4 is 15.6 Å². The molecule has 1 aromatic carbocycles. The van der Waals surface area contributed by atoms with Crippen molar-refractivity contribution in [1.29, 1.82) is 0 Å². The minimum atomic E-state index is -1.57. The largest absolute Gasteiger partial charge is 0.512 e. The monoisotopic (exact) mass is 644 g/mol. The van der Waals surface area contributed by atoms with Crippen LogP contribution in [0.5, 0.6) is 0 Å². The highest BCUT2D eigenvalue weighted by molar-refractivity contribution is 8.01. The molecular weight excluding hydrogens is 615 g/mol. The first-order valence-electron chi connectivity index (χ1n) is 13.8. The van der Waals surface area contributed by atoms with E-state index < -0.39 is 40.6 Å². The molecule has 1 unspecified atom stereocenters. The van der Waals surface area contributed by atoms with E-state index in [-0.39, 0.29) is 16.8 Å². The standard InChI is InChI=1S/C27H29FN8O6S2/c1-3-34-11-16(22(37)15-8-17(28)19(9-18(15)34)35-6-4-33(2)5-7-35)23(38)30-21-24(39)36-25(42-27(40)41)14(13-44-26(21)36)12-43-20-10-29-32-31-20/h8-11,21,26H,3-7,12-13H2,1-2H3,(H,30,38)(H,40,41)(H,29,31,32)/t21?,26-/m0/s1. The lowest BCUT2D eigenvalue weighted by molar-refractivity contribution is -0.145. The summed E-state index contributed by atoms with van der Waals surface area (Å²) in [5.41, 5.74) is 0.617. The number of nitrogens with one attached hydrogen (secondary N) is 2. The number of aryl methyl sites for hydroxylation is 1. The molecule has 2 saturated heterocycles. The maximum Gasteiger partial charge on any atom is 0.512 e. The van der Waals surface area contributed by atoms with Gasteiger partial charge >= 0.3 is 6.16 Å². The quantitative estimate of drug-likeness (QED) is 0.185. The average molecular weight is 645 g/mol. The number of fused-ring (bicyclic) bond motifs is 2. The highest BCUT2D eigenvalue weighted by atomic mass is 32.2. The van der Waals surface area contributed by atoms with Crippen LogP contribution in [0, 0.1) is 5.82 Å². The fraction of sp³-hybridized carbons (Fsp3) is 0.407. The first kappa shape index (κ1) is 30.0. The van der Waals surface area contributed by atoms with Gasteiger partial charge in [0.25, 0.3) is 11.8 Å². The van der Waals surface area contributed by atoms with E-state index in [1.54, 1.807) is 10.6 Å². The van der Waals surface area contributed by atoms with E-state index in [9.17, 15) is 24.3 Å². The molecule has 0 radical (unpaired) electrons. The smallest absolute Gasteiger partial charge is 0.449 e. The van der Waals surface area contributed by atoms with E-state index in [4.69, 9.17) is 4.74 Å². The Kier molecular flexibility index (Phi) is 8.26. The van der Waals surface area contributed by atoms with Crippen LogP contribution in [0.25, 0.3) is 10.9 Å². The zero-order valence-electron chi connectivity index (χ0n) is 23.8. The van der Waals surface area contributed by atoms with Crippen molar-refractivity contribution in [2.75, 3.05) is 49.6 Å². The first-order chi connectivity index (χ1) is 21.2. The van der Waals surface area contributed by atoms with Crippen LogP contribution >= 0.6 is 23.5 Å². The Morgan fingerprint density at radius 3 is 2.70 bits per heavy atom. The molecule has 0 bridgehead atoms. The number of aromatic amines is 1. The van der Waals surface area contributed by atoms with Crippen LogP contribution in [0.3, 0.4) is 0 Å². The molecule has 0 aliphatic carbocycles. The third-order valence-corrected chi connectivity index (χ3v) is 10.2. The summed E-state index contributed by atoms with van der Waals surface area (Å²) in [6.45, 7) is 5.14. The number of anilines is 1. The second-order valence-electron chi connectivity index (χ2n) is 10.5. The first-order valence-corrected chi connectivity index (χ1v) is 15.9. The number of carboxylic acid groups (broad SMARTS) is 1. The molecule has 3 N–H and O–H groups in total. The van der Waals surface area contributed by atoms with Gasteiger partial charge in [-0.3, -0.25) is 19.3 Å². The summed E-state index contributed by atoms with van der Waals surface area (Å²) < 4.78 is 22.1. The fourth-order valence-electron chi connectivity index (χ4n) is 5.46. The summed E-state index contributed by atoms with van der Waals surface area (Å²) in [6, 6.07) is 1.82. The van der Waals surface area contributed by atoms with E-state index in [0.717, 1.165) is 13.1 Å². The molecular formula is C27H29FN8O6S2. The third kappa shape index (κ3) is 5.50. The van der Waals surface area contributed by atoms with Crippen LogP contribution in [0.15, 0.2) is 45.8 Å². The van der Waals surface area contributed by atoms with Gasteiger partial charge < -0.3 is 29.5 Å². The predicted molar refractivity (Wildman–Crippen MR) is 161 cm³/mol. The Labute approximate surface area is 258 Å². The van der Waals surface area contributed by atoms with Crippen molar-refractivity contribution in [3.8, 4) is 0 Å². The number of benzene rings is 1. The Hall–Kier alpha value is -4.09. The lowest BCUT2D eigenvalue weighted by Gasteiger charge is -2.49. The SMILES string of the molecule is CCn1cc(C(=O)NC2C(=O)N3C(OC(=O)O)=C(CSc4cn[nH]n4)CS[C@@H]23)c(=O)c2cc(F)c(N3CCN(C)CC3)cc21. The molecule has 5 heterocycles. The topological polar surface area (TPSA) is 166 Å². The normalized spacial score (nSPS) is 20.5. The number of carbonyl (C=O) groups is 3. The number of aromatic nitrogens is 4. The maximum absolute atomic E-state index is 15.3. The summed E-state index contributed by atoms with van der Waals surface area (Å²) in [4.78, 5) is 56.9. The van der Waals surface area contributed by atoms with Crippen molar-refractivity contribution in [1.82, 2.24) is 35.1 Å². The number of ether oxygens (including phenoxy) is 1. The number of rotatable bonds is 8. The van der Waals surface area contributed by atoms with Gasteiger partial charge in [-0.2, -0.15) is 10.3 Å². The van der Waals surface area contributed by atoms with E-state index >= 15 is 4.39 Å². The van der Waals surface area contributed by atoms with Crippen LogP contribution in [-0.2, 0) is 16.1 Å². The zero-order valence-corrected chi connectivity index (χ0v) is 25.4. The summed E-state index contributed by atoms with van der Waals surface area (Å²) >= 11 is 2.62. The number of nitrogens with zero attached hydrogens (tertiary/aromatic N) is 6. The van der Waals surface area contributed by atoms with Gasteiger partial charge in [-0.25, -0.2) is 9.18 Å². The third-order valence-electron chi connectivity index (χ3n) is 7.83. The number of halogens is 1. The van der Waals surface area contributed by atoms with Crippen LogP contribution in [-0.4, -0.2) is 109 Å². The number of piperazine rings is 1. The molecule has 17 heteroatoms. The number of likely N-dealkylation sites (N-methyl/N-ethyl adjacent to an activating group) is 1. The molecule has 2 amide bonds. The Balaban J connectivity index is 1.23. The number of hydrogen-bond donors (Lipinski definition) is 3. The highest BCUT2D eigenvalue weighted by Crippen LogP contribution is 2.42. The lowest BCUT2D eigenvalue weighted by atomic mass is 10.0. The Bertz CT molecular complexity index is 1720. The molecule has 44 heavy (non-hydrogen) atoms. The highest BCUT2D eigenvalue weighted by Gasteiger charge is 2.54. The van der Waals surface area contributed by atoms with Gasteiger partial charge in [0.1, 0.15) is 27.8 Å². The van der Waals surface area contributed by atoms with Crippen molar-refractivity contribution in [3.63, 3.8) is 0 Å². The van der Waals surface area contributed by atoms with Crippen LogP contribution in [0.2, 0.25) is 0 Å². The van der Waals surface area contributed by atoms with Crippen molar-refractivity contribution in [2.24, 2.45) is 0 Å². The summed E-state index contributed by atoms with van der Waals surface area (Å²) in [5, 5.41) is 22.2. The molecule has 2 atom stereocenters. The fourth-order valence-corrected chi connectivity index (χ4v) is 7.69. The number of H-pyrrole nitrogens is 1. The van der Waals surface area contributed by atoms with Gasteiger partial charge in [0, 0.05) is 61.4 Å². The summed E-state index contributed by atoms with van der Waals surface area (Å²) in [6.07, 6.45) is 1.37. The molecule has 2 aromatic heterocycles. The van der Waals surface area contributed by atoms with Crippen LogP contribution in [0.1, 0.15) is 17.3 Å². The molecule has 2 fully saturated rings. The average Bonchev–Trinajstić information content (AvgIpc) is 3.53. The molecule has 6 rings (SSSR count). The van der Waals surface area contributed by atoms with Gasteiger partial charge in [-0.05, 0) is 26.1 Å². The van der Waals surface area contributed by atoms with Gasteiger partial charge in [0.05, 0.1) is 17.4 Å². The van der Waals surface area contributed by atoms with Crippen molar-refractivity contribution < 1.29 is 28.6 Å². The molecule has 0 saturated carbocycles. The van der Waals surface area contributed by atoms with Gasteiger partial charge in [-0.1, -0.05) is 11.8 Å². The summed E-state index contributed by atoms with van der Waals surface area (Å²) in [5.74, 6) is -1.36. The minimum Gasteiger partial charge on any atom is -0.449 e. The molecule has 14 nitrogen and oxygen atoms in total. The molecule has 0 spiro atoms. The molecule has 3 aliphatic heterocycles. The van der Waals surface area contributed by atoms with Crippen molar-refractivity contribution in [2.45, 2.75) is 29.9 Å². The number of amides is 2. The summed E-state index contributed by atoms with van der Waals surface area (Å²) in [7, 11) is 2.01. The van der Waals surface area contributed by atoms with E-state index in [1.165, 1.54) is 46.9 Å². The molecule has 3 aliphatic rings. The minimum absolute atomic E-state index is 0.0674. The van der Waals surface area contributed by atoms with Gasteiger partial charge in [0.2, 0.25) is 11.3 Å². The van der Waals surface area contributed by atoms with Gasteiger partial charge in [-0.15, -0.1) is 16.9 Å². The van der Waals surface area contributed by atoms with E-state index in [1.807, 2.05) is 18.9 Å².